The van der Waals surface area contributed by atoms with Crippen LogP contribution >= 0.6 is 11.8 Å². The summed E-state index contributed by atoms with van der Waals surface area (Å²) in [5.74, 6) is 2.48. The Morgan fingerprint density at radius 1 is 1.14 bits per heavy atom. The Bertz CT molecular complexity index is 134. The van der Waals surface area contributed by atoms with Crippen molar-refractivity contribution < 1.29 is 9.47 Å². The van der Waals surface area contributed by atoms with Crippen LogP contribution in [0.1, 0.15) is 13.8 Å². The zero-order chi connectivity index (χ0) is 10.2. The molecule has 14 heavy (non-hydrogen) atoms. The molecule has 0 radical (unpaired) electrons. The summed E-state index contributed by atoms with van der Waals surface area (Å²) in [7, 11) is 0. The van der Waals surface area contributed by atoms with E-state index in [9.17, 15) is 0 Å². The van der Waals surface area contributed by atoms with Crippen LogP contribution in [-0.4, -0.2) is 55.5 Å². The van der Waals surface area contributed by atoms with E-state index >= 15 is 0 Å². The summed E-state index contributed by atoms with van der Waals surface area (Å²) in [6.07, 6.45) is -0.0342. The maximum atomic E-state index is 5.51. The molecule has 0 unspecified atom stereocenters. The third kappa shape index (κ3) is 4.64. The predicted octanol–water partition coefficient (Wildman–Crippen LogP) is 1.43. The van der Waals surface area contributed by atoms with Crippen LogP contribution in [-0.2, 0) is 9.47 Å². The molecule has 0 spiro atoms. The lowest BCUT2D eigenvalue weighted by Gasteiger charge is -2.29. The second-order valence-corrected chi connectivity index (χ2v) is 4.48. The third-order valence-electron chi connectivity index (χ3n) is 2.22. The van der Waals surface area contributed by atoms with E-state index in [2.05, 4.69) is 4.90 Å². The van der Waals surface area contributed by atoms with E-state index in [4.69, 9.17) is 9.47 Å². The highest BCUT2D eigenvalue weighted by Crippen LogP contribution is 2.10. The molecule has 1 aliphatic heterocycles. The van der Waals surface area contributed by atoms with Crippen molar-refractivity contribution in [2.75, 3.05) is 44.4 Å². The van der Waals surface area contributed by atoms with E-state index in [0.29, 0.717) is 0 Å². The molecule has 0 aromatic rings. The van der Waals surface area contributed by atoms with Crippen molar-refractivity contribution in [1.82, 2.24) is 4.90 Å². The SMILES string of the molecule is CCOC(CN1CCSCC1)OCC. The summed E-state index contributed by atoms with van der Waals surface area (Å²) >= 11 is 2.03. The maximum absolute atomic E-state index is 5.51. The monoisotopic (exact) mass is 219 g/mol. The van der Waals surface area contributed by atoms with E-state index in [0.717, 1.165) is 19.8 Å². The van der Waals surface area contributed by atoms with Gasteiger partial charge in [0, 0.05) is 44.4 Å². The van der Waals surface area contributed by atoms with Crippen molar-refractivity contribution in [3.8, 4) is 0 Å². The minimum Gasteiger partial charge on any atom is -0.352 e. The fraction of sp³-hybridized carbons (Fsp3) is 1.00. The second-order valence-electron chi connectivity index (χ2n) is 3.25. The Balaban J connectivity index is 2.21. The van der Waals surface area contributed by atoms with Gasteiger partial charge in [0.1, 0.15) is 0 Å². The van der Waals surface area contributed by atoms with Crippen molar-refractivity contribution in [2.24, 2.45) is 0 Å². The topological polar surface area (TPSA) is 21.7 Å². The summed E-state index contributed by atoms with van der Waals surface area (Å²) in [6, 6.07) is 0. The predicted molar refractivity (Wildman–Crippen MR) is 60.8 cm³/mol. The van der Waals surface area contributed by atoms with Gasteiger partial charge in [-0.1, -0.05) is 0 Å². The highest BCUT2D eigenvalue weighted by Gasteiger charge is 2.16. The van der Waals surface area contributed by atoms with Gasteiger partial charge >= 0.3 is 0 Å². The maximum Gasteiger partial charge on any atom is 0.170 e. The molecule has 84 valence electrons. The lowest BCUT2D eigenvalue weighted by Crippen LogP contribution is -2.40. The van der Waals surface area contributed by atoms with Crippen LogP contribution < -0.4 is 0 Å². The van der Waals surface area contributed by atoms with Crippen molar-refractivity contribution in [3.05, 3.63) is 0 Å². The van der Waals surface area contributed by atoms with E-state index in [-0.39, 0.29) is 6.29 Å². The molecule has 0 amide bonds. The molecule has 0 aliphatic carbocycles. The Morgan fingerprint density at radius 3 is 2.21 bits per heavy atom. The van der Waals surface area contributed by atoms with Crippen LogP contribution in [0.4, 0.5) is 0 Å². The first-order valence-corrected chi connectivity index (χ1v) is 6.55. The molecule has 1 saturated heterocycles. The van der Waals surface area contributed by atoms with E-state index in [1.807, 2.05) is 25.6 Å². The quantitative estimate of drug-likeness (QED) is 0.630. The average molecular weight is 219 g/mol. The van der Waals surface area contributed by atoms with Crippen molar-refractivity contribution in [3.63, 3.8) is 0 Å². The molecular weight excluding hydrogens is 198 g/mol. The highest BCUT2D eigenvalue weighted by atomic mass is 32.2. The van der Waals surface area contributed by atoms with Gasteiger partial charge in [0.2, 0.25) is 0 Å². The molecule has 1 aliphatic rings. The zero-order valence-corrected chi connectivity index (χ0v) is 10.0. The van der Waals surface area contributed by atoms with Gasteiger partial charge in [-0.2, -0.15) is 11.8 Å². The molecular formula is C10H21NO2S. The van der Waals surface area contributed by atoms with Gasteiger partial charge in [-0.25, -0.2) is 0 Å². The van der Waals surface area contributed by atoms with Gasteiger partial charge in [0.25, 0.3) is 0 Å². The van der Waals surface area contributed by atoms with Crippen LogP contribution in [0.5, 0.6) is 0 Å². The van der Waals surface area contributed by atoms with Gasteiger partial charge in [0.05, 0.1) is 0 Å². The minimum atomic E-state index is -0.0342. The normalized spacial score (nSPS) is 19.1. The first kappa shape index (κ1) is 12.3. The second kappa shape index (κ2) is 7.51. The Morgan fingerprint density at radius 2 is 1.71 bits per heavy atom. The van der Waals surface area contributed by atoms with Gasteiger partial charge in [0.15, 0.2) is 6.29 Å². The van der Waals surface area contributed by atoms with Crippen LogP contribution in [0.15, 0.2) is 0 Å². The van der Waals surface area contributed by atoms with Crippen LogP contribution in [0.3, 0.4) is 0 Å². The molecule has 0 atom stereocenters. The average Bonchev–Trinajstić information content (AvgIpc) is 2.20. The molecule has 0 aromatic heterocycles. The number of hydrogen-bond donors (Lipinski definition) is 0. The fourth-order valence-electron chi connectivity index (χ4n) is 1.52. The molecule has 1 fully saturated rings. The molecule has 1 heterocycles. The fourth-order valence-corrected chi connectivity index (χ4v) is 2.50. The van der Waals surface area contributed by atoms with Crippen LogP contribution in [0.2, 0.25) is 0 Å². The first-order valence-electron chi connectivity index (χ1n) is 5.40. The molecule has 4 heteroatoms. The van der Waals surface area contributed by atoms with Crippen LogP contribution in [0.25, 0.3) is 0 Å². The van der Waals surface area contributed by atoms with Gasteiger partial charge in [-0.15, -0.1) is 0 Å². The number of hydrogen-bond acceptors (Lipinski definition) is 4. The standard InChI is InChI=1S/C10H21NO2S/c1-3-12-10(13-4-2)9-11-5-7-14-8-6-11/h10H,3-9H2,1-2H3. The molecule has 0 aromatic carbocycles. The Labute approximate surface area is 91.1 Å². The van der Waals surface area contributed by atoms with Gasteiger partial charge in [-0.3, -0.25) is 4.90 Å². The first-order chi connectivity index (χ1) is 6.86. The number of thioether (sulfide) groups is 1. The summed E-state index contributed by atoms with van der Waals surface area (Å²) in [4.78, 5) is 2.42. The summed E-state index contributed by atoms with van der Waals surface area (Å²) in [5, 5.41) is 0. The molecule has 0 N–H and O–H groups in total. The lowest BCUT2D eigenvalue weighted by atomic mass is 10.4. The summed E-state index contributed by atoms with van der Waals surface area (Å²) in [5.41, 5.74) is 0. The van der Waals surface area contributed by atoms with Crippen molar-refractivity contribution in [1.29, 1.82) is 0 Å². The number of nitrogens with zero attached hydrogens (tertiary/aromatic N) is 1. The molecule has 0 bridgehead atoms. The third-order valence-corrected chi connectivity index (χ3v) is 3.16. The van der Waals surface area contributed by atoms with Crippen LogP contribution in [0, 0.1) is 0 Å². The number of ether oxygens (including phenoxy) is 2. The van der Waals surface area contributed by atoms with E-state index in [1.165, 1.54) is 24.6 Å². The van der Waals surface area contributed by atoms with Gasteiger partial charge < -0.3 is 9.47 Å². The largest absolute Gasteiger partial charge is 0.352 e. The molecule has 3 nitrogen and oxygen atoms in total. The summed E-state index contributed by atoms with van der Waals surface area (Å²) < 4.78 is 11.0. The lowest BCUT2D eigenvalue weighted by molar-refractivity contribution is -0.146. The van der Waals surface area contributed by atoms with Crippen molar-refractivity contribution >= 4 is 11.8 Å². The Hall–Kier alpha value is 0.230. The van der Waals surface area contributed by atoms with Crippen molar-refractivity contribution in [2.45, 2.75) is 20.1 Å². The highest BCUT2D eigenvalue weighted by molar-refractivity contribution is 7.99. The van der Waals surface area contributed by atoms with Gasteiger partial charge in [-0.05, 0) is 13.8 Å². The molecule has 0 saturated carbocycles. The minimum absolute atomic E-state index is 0.0342. The number of rotatable bonds is 6. The van der Waals surface area contributed by atoms with E-state index < -0.39 is 0 Å². The zero-order valence-electron chi connectivity index (χ0n) is 9.20. The Kier molecular flexibility index (Phi) is 6.60. The smallest absolute Gasteiger partial charge is 0.170 e. The summed E-state index contributed by atoms with van der Waals surface area (Å²) in [6.45, 7) is 8.74. The molecule has 1 rings (SSSR count). The van der Waals surface area contributed by atoms with E-state index in [1.54, 1.807) is 0 Å².